The number of para-hydroxylation sites is 1. The molecule has 1 N–H and O–H groups in total. The van der Waals surface area contributed by atoms with Gasteiger partial charge >= 0.3 is 0 Å². The minimum Gasteiger partial charge on any atom is -0.336 e. The third kappa shape index (κ3) is 5.29. The fraction of sp³-hybridized carbons (Fsp3) is 0.233. The summed E-state index contributed by atoms with van der Waals surface area (Å²) in [7, 11) is 0. The summed E-state index contributed by atoms with van der Waals surface area (Å²) in [6.45, 7) is 6.82. The molecule has 0 unspecified atom stereocenters. The van der Waals surface area contributed by atoms with Crippen LogP contribution in [0, 0.1) is 13.8 Å². The van der Waals surface area contributed by atoms with Crippen LogP contribution in [-0.2, 0) is 0 Å². The summed E-state index contributed by atoms with van der Waals surface area (Å²) in [6.07, 6.45) is 0. The van der Waals surface area contributed by atoms with Crippen molar-refractivity contribution in [2.24, 2.45) is 0 Å². The van der Waals surface area contributed by atoms with Gasteiger partial charge in [-0.1, -0.05) is 72.8 Å². The maximum atomic E-state index is 13.6. The van der Waals surface area contributed by atoms with Crippen molar-refractivity contribution in [1.29, 1.82) is 0 Å². The number of piperazine rings is 1. The Morgan fingerprint density at radius 2 is 1.28 bits per heavy atom. The van der Waals surface area contributed by atoms with Crippen LogP contribution in [-0.4, -0.2) is 51.9 Å². The van der Waals surface area contributed by atoms with Crippen LogP contribution in [0.3, 0.4) is 0 Å². The van der Waals surface area contributed by atoms with Crippen molar-refractivity contribution in [1.82, 2.24) is 19.8 Å². The van der Waals surface area contributed by atoms with E-state index in [0.717, 1.165) is 30.2 Å². The highest BCUT2D eigenvalue weighted by molar-refractivity contribution is 6.00. The third-order valence-electron chi connectivity index (χ3n) is 6.58. The minimum atomic E-state index is 0.0260. The maximum absolute atomic E-state index is 13.6. The predicted molar refractivity (Wildman–Crippen MR) is 143 cm³/mol. The average Bonchev–Trinajstić information content (AvgIpc) is 2.90. The first-order valence-corrected chi connectivity index (χ1v) is 12.4. The molecule has 3 aromatic carbocycles. The predicted octanol–water partition coefficient (Wildman–Crippen LogP) is 5.38. The summed E-state index contributed by atoms with van der Waals surface area (Å²) in [5.41, 5.74) is 5.67. The van der Waals surface area contributed by atoms with Gasteiger partial charge in [0, 0.05) is 37.6 Å². The van der Waals surface area contributed by atoms with Crippen LogP contribution in [0.25, 0.3) is 0 Å². The molecular formula is C30H31N5O. The molecule has 6 nitrogen and oxygen atoms in total. The van der Waals surface area contributed by atoms with Gasteiger partial charge in [0.15, 0.2) is 0 Å². The molecule has 0 bridgehead atoms. The molecule has 1 aliphatic rings. The second-order valence-electron chi connectivity index (χ2n) is 9.20. The van der Waals surface area contributed by atoms with Crippen molar-refractivity contribution in [3.05, 3.63) is 119 Å². The molecule has 2 heterocycles. The second-order valence-corrected chi connectivity index (χ2v) is 9.20. The van der Waals surface area contributed by atoms with Crippen molar-refractivity contribution in [2.75, 3.05) is 31.5 Å². The van der Waals surface area contributed by atoms with Crippen molar-refractivity contribution >= 4 is 17.5 Å². The molecule has 1 saturated heterocycles. The summed E-state index contributed by atoms with van der Waals surface area (Å²) in [4.78, 5) is 27.0. The highest BCUT2D eigenvalue weighted by Gasteiger charge is 2.29. The third-order valence-corrected chi connectivity index (χ3v) is 6.58. The Morgan fingerprint density at radius 1 is 0.750 bits per heavy atom. The molecule has 0 saturated carbocycles. The van der Waals surface area contributed by atoms with Crippen LogP contribution in [0.5, 0.6) is 0 Å². The van der Waals surface area contributed by atoms with E-state index in [9.17, 15) is 4.79 Å². The molecule has 182 valence electrons. The lowest BCUT2D eigenvalue weighted by molar-refractivity contribution is 0.0598. The Labute approximate surface area is 212 Å². The van der Waals surface area contributed by atoms with E-state index in [-0.39, 0.29) is 11.9 Å². The summed E-state index contributed by atoms with van der Waals surface area (Å²) in [5.74, 6) is 0.532. The number of hydrogen-bond donors (Lipinski definition) is 1. The van der Waals surface area contributed by atoms with Gasteiger partial charge in [-0.15, -0.1) is 0 Å². The molecule has 1 aromatic heterocycles. The Hall–Kier alpha value is -4.03. The highest BCUT2D eigenvalue weighted by atomic mass is 16.2. The molecule has 6 heteroatoms. The van der Waals surface area contributed by atoms with E-state index in [0.29, 0.717) is 24.6 Å². The topological polar surface area (TPSA) is 61.4 Å². The highest BCUT2D eigenvalue weighted by Crippen LogP contribution is 2.30. The zero-order valence-corrected chi connectivity index (χ0v) is 20.8. The number of nitrogens with one attached hydrogen (secondary N) is 1. The average molecular weight is 478 g/mol. The number of nitrogens with zero attached hydrogens (tertiary/aromatic N) is 4. The second kappa shape index (κ2) is 10.7. The van der Waals surface area contributed by atoms with Crippen LogP contribution in [0.1, 0.15) is 38.9 Å². The fourth-order valence-corrected chi connectivity index (χ4v) is 4.92. The quantitative estimate of drug-likeness (QED) is 0.404. The monoisotopic (exact) mass is 477 g/mol. The lowest BCUT2D eigenvalue weighted by atomic mass is 9.96. The SMILES string of the molecule is Cc1cc(C)nc(Nc2ccccc2C(=O)N2CCN(C(c3ccccc3)c3ccccc3)CC2)n1. The number of hydrogen-bond acceptors (Lipinski definition) is 5. The Balaban J connectivity index is 1.32. The standard InChI is InChI=1S/C30H31N5O/c1-22-21-23(2)32-30(31-22)33-27-16-10-9-15-26(27)29(36)35-19-17-34(18-20-35)28(24-11-5-3-6-12-24)25-13-7-4-8-14-25/h3-16,21,28H,17-20H2,1-2H3,(H,31,32,33). The first kappa shape index (κ1) is 23.7. The molecule has 5 rings (SSSR count). The van der Waals surface area contributed by atoms with Gasteiger partial charge in [-0.3, -0.25) is 9.69 Å². The number of amides is 1. The van der Waals surface area contributed by atoms with E-state index in [1.54, 1.807) is 0 Å². The largest absolute Gasteiger partial charge is 0.336 e. The van der Waals surface area contributed by atoms with Gasteiger partial charge in [-0.05, 0) is 43.2 Å². The Kier molecular flexibility index (Phi) is 7.05. The van der Waals surface area contributed by atoms with Crippen LogP contribution in [0.4, 0.5) is 11.6 Å². The van der Waals surface area contributed by atoms with E-state index in [1.165, 1.54) is 11.1 Å². The summed E-state index contributed by atoms with van der Waals surface area (Å²) in [6, 6.07) is 30.9. The molecule has 0 aliphatic carbocycles. The van der Waals surface area contributed by atoms with Crippen molar-refractivity contribution in [2.45, 2.75) is 19.9 Å². The summed E-state index contributed by atoms with van der Waals surface area (Å²) in [5, 5.41) is 3.26. The van der Waals surface area contributed by atoms with Crippen LogP contribution >= 0.6 is 0 Å². The number of rotatable bonds is 6. The zero-order valence-electron chi connectivity index (χ0n) is 20.8. The number of anilines is 2. The zero-order chi connectivity index (χ0) is 24.9. The number of benzene rings is 3. The van der Waals surface area contributed by atoms with Gasteiger partial charge in [0.2, 0.25) is 5.95 Å². The van der Waals surface area contributed by atoms with Gasteiger partial charge in [-0.25, -0.2) is 9.97 Å². The van der Waals surface area contributed by atoms with Crippen LogP contribution in [0.2, 0.25) is 0 Å². The number of aromatic nitrogens is 2. The van der Waals surface area contributed by atoms with E-state index in [2.05, 4.69) is 80.8 Å². The summed E-state index contributed by atoms with van der Waals surface area (Å²) >= 11 is 0. The normalized spacial score (nSPS) is 14.1. The first-order valence-electron chi connectivity index (χ1n) is 12.4. The lowest BCUT2D eigenvalue weighted by Gasteiger charge is -2.40. The molecular weight excluding hydrogens is 446 g/mol. The molecule has 36 heavy (non-hydrogen) atoms. The smallest absolute Gasteiger partial charge is 0.256 e. The number of aryl methyl sites for hydroxylation is 2. The van der Waals surface area contributed by atoms with E-state index in [1.807, 2.05) is 49.1 Å². The van der Waals surface area contributed by atoms with Gasteiger partial charge in [-0.2, -0.15) is 0 Å². The van der Waals surface area contributed by atoms with Gasteiger partial charge in [0.05, 0.1) is 17.3 Å². The number of carbonyl (C=O) groups excluding carboxylic acids is 1. The van der Waals surface area contributed by atoms with Crippen molar-refractivity contribution < 1.29 is 4.79 Å². The number of carbonyl (C=O) groups is 1. The van der Waals surface area contributed by atoms with Crippen molar-refractivity contribution in [3.63, 3.8) is 0 Å². The molecule has 0 radical (unpaired) electrons. The van der Waals surface area contributed by atoms with Gasteiger partial charge in [0.25, 0.3) is 5.91 Å². The summed E-state index contributed by atoms with van der Waals surface area (Å²) < 4.78 is 0. The first-order chi connectivity index (χ1) is 17.6. The molecule has 0 atom stereocenters. The molecule has 1 fully saturated rings. The lowest BCUT2D eigenvalue weighted by Crippen LogP contribution is -2.50. The molecule has 4 aromatic rings. The van der Waals surface area contributed by atoms with E-state index < -0.39 is 0 Å². The maximum Gasteiger partial charge on any atom is 0.256 e. The van der Waals surface area contributed by atoms with Gasteiger partial charge < -0.3 is 10.2 Å². The van der Waals surface area contributed by atoms with E-state index >= 15 is 0 Å². The van der Waals surface area contributed by atoms with Crippen LogP contribution in [0.15, 0.2) is 91.0 Å². The molecule has 0 spiro atoms. The fourth-order valence-electron chi connectivity index (χ4n) is 4.92. The van der Waals surface area contributed by atoms with Gasteiger partial charge in [0.1, 0.15) is 0 Å². The van der Waals surface area contributed by atoms with Crippen LogP contribution < -0.4 is 5.32 Å². The van der Waals surface area contributed by atoms with E-state index in [4.69, 9.17) is 0 Å². The van der Waals surface area contributed by atoms with Crippen molar-refractivity contribution in [3.8, 4) is 0 Å². The minimum absolute atomic E-state index is 0.0260. The Morgan fingerprint density at radius 3 is 1.86 bits per heavy atom. The molecule has 1 aliphatic heterocycles. The molecule has 1 amide bonds. The Bertz CT molecular complexity index is 1260.